The van der Waals surface area contributed by atoms with Gasteiger partial charge in [0.15, 0.2) is 0 Å². The van der Waals surface area contributed by atoms with Crippen LogP contribution in [0.25, 0.3) is 0 Å². The molecule has 0 saturated carbocycles. The first-order valence-electron chi connectivity index (χ1n) is 14.8. The lowest BCUT2D eigenvalue weighted by Crippen LogP contribution is -2.54. The van der Waals surface area contributed by atoms with Gasteiger partial charge in [-0.05, 0) is 69.7 Å². The smallest absolute Gasteiger partial charge is 0.408 e. The highest BCUT2D eigenvalue weighted by molar-refractivity contribution is 5.99. The van der Waals surface area contributed by atoms with E-state index >= 15 is 0 Å². The number of nitrogens with one attached hydrogen (secondary N) is 2. The predicted octanol–water partition coefficient (Wildman–Crippen LogP) is 6.23. The van der Waals surface area contributed by atoms with E-state index in [4.69, 9.17) is 4.74 Å². The largest absolute Gasteiger partial charge is 0.444 e. The monoisotopic (exact) mass is 567 g/mol. The van der Waals surface area contributed by atoms with Gasteiger partial charge < -0.3 is 25.4 Å². The maximum Gasteiger partial charge on any atom is 0.408 e. The molecule has 2 unspecified atom stereocenters. The van der Waals surface area contributed by atoms with E-state index in [-0.39, 0.29) is 12.5 Å². The lowest BCUT2D eigenvalue weighted by molar-refractivity contribution is -0.141. The van der Waals surface area contributed by atoms with Crippen molar-refractivity contribution in [1.29, 1.82) is 0 Å². The first-order chi connectivity index (χ1) is 19.4. The fourth-order valence-electron chi connectivity index (χ4n) is 4.70. The number of amides is 3. The van der Waals surface area contributed by atoms with Crippen molar-refractivity contribution < 1.29 is 24.2 Å². The van der Waals surface area contributed by atoms with Gasteiger partial charge in [0, 0.05) is 12.2 Å². The van der Waals surface area contributed by atoms with E-state index in [1.54, 1.807) is 20.8 Å². The molecule has 0 aliphatic carbocycles. The van der Waals surface area contributed by atoms with Crippen LogP contribution in [0.2, 0.25) is 0 Å². The highest BCUT2D eigenvalue weighted by Crippen LogP contribution is 2.28. The van der Waals surface area contributed by atoms with Crippen LogP contribution in [0.1, 0.15) is 95.0 Å². The third-order valence-corrected chi connectivity index (χ3v) is 6.95. The first kappa shape index (κ1) is 33.8. The molecule has 0 fully saturated rings. The molecule has 0 aliphatic heterocycles. The summed E-state index contributed by atoms with van der Waals surface area (Å²) in [5, 5.41) is 15.8. The quantitative estimate of drug-likeness (QED) is 0.235. The second kappa shape index (κ2) is 16.2. The van der Waals surface area contributed by atoms with Crippen molar-refractivity contribution in [2.24, 2.45) is 0 Å². The van der Waals surface area contributed by atoms with E-state index in [0.717, 1.165) is 48.8 Å². The Balaban J connectivity index is 2.52. The summed E-state index contributed by atoms with van der Waals surface area (Å²) >= 11 is 0. The van der Waals surface area contributed by atoms with Crippen molar-refractivity contribution >= 4 is 23.6 Å². The van der Waals surface area contributed by atoms with Gasteiger partial charge in [0.1, 0.15) is 17.7 Å². The Morgan fingerprint density at radius 1 is 0.927 bits per heavy atom. The van der Waals surface area contributed by atoms with Crippen LogP contribution < -0.4 is 10.6 Å². The average Bonchev–Trinajstić information content (AvgIpc) is 2.92. The molecule has 8 nitrogen and oxygen atoms in total. The van der Waals surface area contributed by atoms with Gasteiger partial charge in [-0.1, -0.05) is 82.0 Å². The zero-order chi connectivity index (χ0) is 30.6. The number of nitrogens with zero attached hydrogens (tertiary/aromatic N) is 1. The number of anilines is 1. The number of alkyl carbamates (subject to hydrolysis) is 1. The van der Waals surface area contributed by atoms with E-state index in [2.05, 4.69) is 24.5 Å². The minimum absolute atomic E-state index is 0.287. The van der Waals surface area contributed by atoms with Crippen molar-refractivity contribution in [2.45, 2.75) is 105 Å². The van der Waals surface area contributed by atoms with Gasteiger partial charge in [-0.3, -0.25) is 9.59 Å². The maximum absolute atomic E-state index is 14.1. The van der Waals surface area contributed by atoms with E-state index in [1.165, 1.54) is 4.90 Å². The van der Waals surface area contributed by atoms with E-state index in [9.17, 15) is 19.5 Å². The molecule has 0 spiro atoms. The van der Waals surface area contributed by atoms with Gasteiger partial charge in [-0.25, -0.2) is 4.79 Å². The second-order valence-corrected chi connectivity index (χ2v) is 11.6. The molecule has 41 heavy (non-hydrogen) atoms. The molecule has 0 radical (unpaired) electrons. The van der Waals surface area contributed by atoms with Crippen LogP contribution in [0.15, 0.2) is 42.5 Å². The zero-order valence-electron chi connectivity index (χ0n) is 25.9. The molecule has 0 aromatic heterocycles. The molecule has 3 N–H and O–H groups in total. The van der Waals surface area contributed by atoms with Gasteiger partial charge in [0.2, 0.25) is 5.91 Å². The molecular weight excluding hydrogens is 518 g/mol. The predicted molar refractivity (Wildman–Crippen MR) is 164 cm³/mol. The fourth-order valence-corrected chi connectivity index (χ4v) is 4.70. The molecule has 226 valence electrons. The molecule has 8 heteroatoms. The summed E-state index contributed by atoms with van der Waals surface area (Å²) in [5.74, 6) is -0.905. The Labute approximate surface area is 245 Å². The van der Waals surface area contributed by atoms with Crippen molar-refractivity contribution in [2.75, 3.05) is 18.5 Å². The van der Waals surface area contributed by atoms with Gasteiger partial charge in [-0.15, -0.1) is 0 Å². The van der Waals surface area contributed by atoms with E-state index in [0.29, 0.717) is 17.7 Å². The van der Waals surface area contributed by atoms with Gasteiger partial charge in [0.25, 0.3) is 5.91 Å². The summed E-state index contributed by atoms with van der Waals surface area (Å²) in [7, 11) is 0. The zero-order valence-corrected chi connectivity index (χ0v) is 25.9. The Bertz CT molecular complexity index is 1120. The molecule has 0 aliphatic rings. The molecular formula is C33H49N3O5. The van der Waals surface area contributed by atoms with Crippen LogP contribution in [-0.2, 0) is 20.7 Å². The third-order valence-electron chi connectivity index (χ3n) is 6.95. The highest BCUT2D eigenvalue weighted by atomic mass is 16.6. The summed E-state index contributed by atoms with van der Waals surface area (Å²) in [4.78, 5) is 42.2. The van der Waals surface area contributed by atoms with Crippen LogP contribution >= 0.6 is 0 Å². The lowest BCUT2D eigenvalue weighted by atomic mass is 9.99. The number of ether oxygens (including phenoxy) is 1. The molecule has 2 rings (SSSR count). The maximum atomic E-state index is 14.1. The van der Waals surface area contributed by atoms with Crippen molar-refractivity contribution in [3.8, 4) is 0 Å². The second-order valence-electron chi connectivity index (χ2n) is 11.6. The van der Waals surface area contributed by atoms with Gasteiger partial charge in [0.05, 0.1) is 6.61 Å². The number of hydrogen-bond donors (Lipinski definition) is 3. The molecule has 0 saturated heterocycles. The van der Waals surface area contributed by atoms with Crippen LogP contribution in [0.4, 0.5) is 10.5 Å². The molecule has 2 aromatic rings. The summed E-state index contributed by atoms with van der Waals surface area (Å²) in [6.07, 6.45) is 4.78. The number of carbonyl (C=O) groups is 3. The van der Waals surface area contributed by atoms with Crippen LogP contribution in [0.3, 0.4) is 0 Å². The summed E-state index contributed by atoms with van der Waals surface area (Å²) in [6, 6.07) is 11.2. The van der Waals surface area contributed by atoms with Gasteiger partial charge in [-0.2, -0.15) is 0 Å². The number of unbranched alkanes of at least 4 members (excludes halogenated alkanes) is 4. The number of aryl methyl sites for hydroxylation is 3. The lowest BCUT2D eigenvalue weighted by Gasteiger charge is -2.34. The van der Waals surface area contributed by atoms with Crippen molar-refractivity contribution in [3.05, 3.63) is 64.7 Å². The number of aliphatic hydroxyl groups is 1. The number of carbonyl (C=O) groups excluding carboxylic acids is 3. The van der Waals surface area contributed by atoms with Crippen LogP contribution in [0, 0.1) is 13.8 Å². The number of benzene rings is 2. The van der Waals surface area contributed by atoms with E-state index in [1.807, 2.05) is 56.3 Å². The summed E-state index contributed by atoms with van der Waals surface area (Å²) in [6.45, 7) is 12.9. The number of para-hydroxylation sites is 1. The molecule has 0 bridgehead atoms. The normalized spacial score (nSPS) is 12.8. The molecule has 0 heterocycles. The highest BCUT2D eigenvalue weighted by Gasteiger charge is 2.36. The summed E-state index contributed by atoms with van der Waals surface area (Å²) in [5.41, 5.74) is 3.52. The minimum Gasteiger partial charge on any atom is -0.444 e. The van der Waals surface area contributed by atoms with Crippen LogP contribution in [0.5, 0.6) is 0 Å². The standard InChI is InChI=1S/C33H49N3O5/c1-8-10-11-12-13-21-36(31(39)27(22-37)34-32(40)41-33(5,6)7)29(26-19-17-25(9-2)18-20-26)30(38)35-28-23(3)15-14-16-24(28)4/h14-20,27,29,37H,8-13,21-22H2,1-7H3,(H,34,40)(H,35,38). The Morgan fingerprint density at radius 2 is 1.54 bits per heavy atom. The topological polar surface area (TPSA) is 108 Å². The minimum atomic E-state index is -1.27. The Kier molecular flexibility index (Phi) is 13.3. The summed E-state index contributed by atoms with van der Waals surface area (Å²) < 4.78 is 5.34. The van der Waals surface area contributed by atoms with Gasteiger partial charge >= 0.3 is 6.09 Å². The molecule has 3 amide bonds. The fraction of sp³-hybridized carbons (Fsp3) is 0.545. The molecule has 2 atom stereocenters. The number of rotatable bonds is 14. The number of aliphatic hydroxyl groups excluding tert-OH is 1. The van der Waals surface area contributed by atoms with E-state index < -0.39 is 36.3 Å². The van der Waals surface area contributed by atoms with Crippen molar-refractivity contribution in [1.82, 2.24) is 10.2 Å². The first-order valence-corrected chi connectivity index (χ1v) is 14.8. The van der Waals surface area contributed by atoms with Crippen LogP contribution in [-0.4, -0.2) is 52.7 Å². The Hall–Kier alpha value is -3.39. The Morgan fingerprint density at radius 3 is 2.07 bits per heavy atom. The average molecular weight is 568 g/mol. The molecule has 2 aromatic carbocycles. The SMILES string of the molecule is CCCCCCCN(C(=O)C(CO)NC(=O)OC(C)(C)C)C(C(=O)Nc1c(C)cccc1C)c1ccc(CC)cc1. The third kappa shape index (κ3) is 10.5. The van der Waals surface area contributed by atoms with Crippen molar-refractivity contribution in [3.63, 3.8) is 0 Å². The number of hydrogen-bond acceptors (Lipinski definition) is 5.